The van der Waals surface area contributed by atoms with Crippen LogP contribution in [-0.2, 0) is 9.84 Å². The van der Waals surface area contributed by atoms with E-state index < -0.39 is 9.84 Å². The van der Waals surface area contributed by atoms with Crippen LogP contribution in [0.5, 0.6) is 5.75 Å². The monoisotopic (exact) mass is 187 g/mol. The Balaban J connectivity index is 3.39. The van der Waals surface area contributed by atoms with Crippen molar-refractivity contribution < 1.29 is 13.5 Å². The summed E-state index contributed by atoms with van der Waals surface area (Å²) in [6, 6.07) is 3.77. The molecule has 0 aliphatic carbocycles. The van der Waals surface area contributed by atoms with Gasteiger partial charge in [0.25, 0.3) is 0 Å². The van der Waals surface area contributed by atoms with Crippen LogP contribution < -0.4 is 5.73 Å². The third-order valence-electron chi connectivity index (χ3n) is 1.39. The van der Waals surface area contributed by atoms with Gasteiger partial charge in [0, 0.05) is 12.3 Å². The first-order valence-electron chi connectivity index (χ1n) is 3.20. The van der Waals surface area contributed by atoms with E-state index in [-0.39, 0.29) is 16.3 Å². The number of rotatable bonds is 1. The lowest BCUT2D eigenvalue weighted by Crippen LogP contribution is -2.01. The summed E-state index contributed by atoms with van der Waals surface area (Å²) in [6.07, 6.45) is 1.07. The molecule has 5 heteroatoms. The van der Waals surface area contributed by atoms with Crippen molar-refractivity contribution in [1.82, 2.24) is 0 Å². The van der Waals surface area contributed by atoms with Crippen LogP contribution in [0.25, 0.3) is 0 Å². The summed E-state index contributed by atoms with van der Waals surface area (Å²) in [6.45, 7) is 0. The average molecular weight is 187 g/mol. The Morgan fingerprint density at radius 3 is 2.42 bits per heavy atom. The highest BCUT2D eigenvalue weighted by Crippen LogP contribution is 2.22. The first-order valence-corrected chi connectivity index (χ1v) is 5.09. The number of hydrogen-bond donors (Lipinski definition) is 2. The minimum absolute atomic E-state index is 0.0418. The van der Waals surface area contributed by atoms with Crippen LogP contribution in [0.2, 0.25) is 0 Å². The van der Waals surface area contributed by atoms with Gasteiger partial charge in [-0.2, -0.15) is 0 Å². The van der Waals surface area contributed by atoms with E-state index in [1.54, 1.807) is 0 Å². The Morgan fingerprint density at radius 2 is 2.00 bits per heavy atom. The number of sulfone groups is 1. The maximum atomic E-state index is 11.0. The standard InChI is InChI=1S/C7H9NO3S/c1-12(10,11)7-3-2-5(9)4-6(7)8/h2-4,9H,8H2,1H3. The van der Waals surface area contributed by atoms with Crippen molar-refractivity contribution in [3.05, 3.63) is 18.2 Å². The average Bonchev–Trinajstić information content (AvgIpc) is 1.83. The fourth-order valence-corrected chi connectivity index (χ4v) is 1.68. The Hall–Kier alpha value is -1.23. The van der Waals surface area contributed by atoms with Gasteiger partial charge in [0.1, 0.15) is 5.75 Å². The van der Waals surface area contributed by atoms with E-state index in [1.807, 2.05) is 0 Å². The van der Waals surface area contributed by atoms with Gasteiger partial charge in [0.2, 0.25) is 0 Å². The SMILES string of the molecule is CS(=O)(=O)c1ccc(O)cc1N. The molecule has 0 aromatic heterocycles. The van der Waals surface area contributed by atoms with Crippen LogP contribution >= 0.6 is 0 Å². The fraction of sp³-hybridized carbons (Fsp3) is 0.143. The highest BCUT2D eigenvalue weighted by Gasteiger charge is 2.10. The van der Waals surface area contributed by atoms with Crippen molar-refractivity contribution >= 4 is 15.5 Å². The van der Waals surface area contributed by atoms with E-state index >= 15 is 0 Å². The van der Waals surface area contributed by atoms with Gasteiger partial charge in [-0.25, -0.2) is 8.42 Å². The molecule has 3 N–H and O–H groups in total. The molecular formula is C7H9NO3S. The Labute approximate surface area is 70.6 Å². The summed E-state index contributed by atoms with van der Waals surface area (Å²) >= 11 is 0. The lowest BCUT2D eigenvalue weighted by atomic mass is 10.3. The van der Waals surface area contributed by atoms with Crippen LogP contribution in [0.1, 0.15) is 0 Å². The first kappa shape index (κ1) is 8.86. The number of phenols is 1. The van der Waals surface area contributed by atoms with Crippen molar-refractivity contribution in [2.24, 2.45) is 0 Å². The zero-order valence-electron chi connectivity index (χ0n) is 6.48. The second-order valence-corrected chi connectivity index (χ2v) is 4.48. The van der Waals surface area contributed by atoms with Crippen LogP contribution in [0, 0.1) is 0 Å². The zero-order chi connectivity index (χ0) is 9.35. The Morgan fingerprint density at radius 1 is 1.42 bits per heavy atom. The van der Waals surface area contributed by atoms with Crippen LogP contribution in [0.3, 0.4) is 0 Å². The Bertz CT molecular complexity index is 397. The molecule has 0 saturated heterocycles. The molecule has 1 aromatic carbocycles. The molecule has 1 rings (SSSR count). The van der Waals surface area contributed by atoms with Crippen molar-refractivity contribution in [2.75, 3.05) is 12.0 Å². The van der Waals surface area contributed by atoms with E-state index in [4.69, 9.17) is 10.8 Å². The highest BCUT2D eigenvalue weighted by molar-refractivity contribution is 7.90. The van der Waals surface area contributed by atoms with Gasteiger partial charge < -0.3 is 10.8 Å². The normalized spacial score (nSPS) is 11.4. The van der Waals surface area contributed by atoms with E-state index in [0.29, 0.717) is 0 Å². The third-order valence-corrected chi connectivity index (χ3v) is 2.56. The highest BCUT2D eigenvalue weighted by atomic mass is 32.2. The number of nitrogens with two attached hydrogens (primary N) is 1. The molecule has 0 aliphatic rings. The second kappa shape index (κ2) is 2.67. The molecule has 0 bridgehead atoms. The lowest BCUT2D eigenvalue weighted by Gasteiger charge is -2.02. The number of nitrogen functional groups attached to an aromatic ring is 1. The maximum absolute atomic E-state index is 11.0. The topological polar surface area (TPSA) is 80.4 Å². The Kier molecular flexibility index (Phi) is 1.97. The molecule has 0 radical (unpaired) electrons. The fourth-order valence-electron chi connectivity index (χ4n) is 0.874. The number of anilines is 1. The van der Waals surface area contributed by atoms with E-state index in [0.717, 1.165) is 6.26 Å². The van der Waals surface area contributed by atoms with Crippen LogP contribution in [0.15, 0.2) is 23.1 Å². The van der Waals surface area contributed by atoms with Crippen LogP contribution in [-0.4, -0.2) is 19.8 Å². The summed E-state index contributed by atoms with van der Waals surface area (Å²) in [5, 5.41) is 8.93. The van der Waals surface area contributed by atoms with Gasteiger partial charge in [-0.1, -0.05) is 0 Å². The molecule has 0 fully saturated rings. The predicted molar refractivity (Wildman–Crippen MR) is 45.6 cm³/mol. The molecule has 0 spiro atoms. The van der Waals surface area contributed by atoms with Crippen molar-refractivity contribution in [3.8, 4) is 5.75 Å². The molecule has 0 heterocycles. The number of hydrogen-bond acceptors (Lipinski definition) is 4. The summed E-state index contributed by atoms with van der Waals surface area (Å²) in [7, 11) is -3.29. The number of phenolic OH excluding ortho intramolecular Hbond substituents is 1. The van der Waals surface area contributed by atoms with Gasteiger partial charge in [0.05, 0.1) is 10.6 Å². The van der Waals surface area contributed by atoms with Gasteiger partial charge in [-0.3, -0.25) is 0 Å². The minimum Gasteiger partial charge on any atom is -0.508 e. The summed E-state index contributed by atoms with van der Waals surface area (Å²) in [5.74, 6) is -0.0418. The van der Waals surface area contributed by atoms with Gasteiger partial charge >= 0.3 is 0 Å². The quantitative estimate of drug-likeness (QED) is 0.623. The van der Waals surface area contributed by atoms with E-state index in [1.165, 1.54) is 18.2 Å². The minimum atomic E-state index is -3.29. The molecule has 0 amide bonds. The molecular weight excluding hydrogens is 178 g/mol. The lowest BCUT2D eigenvalue weighted by molar-refractivity contribution is 0.475. The summed E-state index contributed by atoms with van der Waals surface area (Å²) in [4.78, 5) is 0.0419. The largest absolute Gasteiger partial charge is 0.508 e. The van der Waals surface area contributed by atoms with Crippen LogP contribution in [0.4, 0.5) is 5.69 Å². The summed E-state index contributed by atoms with van der Waals surface area (Å²) < 4.78 is 22.0. The molecule has 0 saturated carbocycles. The molecule has 0 unspecified atom stereocenters. The molecule has 1 aromatic rings. The molecule has 0 aliphatic heterocycles. The van der Waals surface area contributed by atoms with Gasteiger partial charge in [0.15, 0.2) is 9.84 Å². The number of benzene rings is 1. The first-order chi connectivity index (χ1) is 5.41. The maximum Gasteiger partial charge on any atom is 0.177 e. The molecule has 12 heavy (non-hydrogen) atoms. The van der Waals surface area contributed by atoms with Gasteiger partial charge in [-0.15, -0.1) is 0 Å². The zero-order valence-corrected chi connectivity index (χ0v) is 7.30. The number of aromatic hydroxyl groups is 1. The van der Waals surface area contributed by atoms with Crippen molar-refractivity contribution in [3.63, 3.8) is 0 Å². The smallest absolute Gasteiger partial charge is 0.177 e. The summed E-state index contributed by atoms with van der Waals surface area (Å²) in [5.41, 5.74) is 5.44. The van der Waals surface area contributed by atoms with E-state index in [2.05, 4.69) is 0 Å². The second-order valence-electron chi connectivity index (χ2n) is 2.49. The van der Waals surface area contributed by atoms with Gasteiger partial charge in [-0.05, 0) is 12.1 Å². The molecule has 4 nitrogen and oxygen atoms in total. The third kappa shape index (κ3) is 1.68. The van der Waals surface area contributed by atoms with Crippen molar-refractivity contribution in [1.29, 1.82) is 0 Å². The van der Waals surface area contributed by atoms with E-state index in [9.17, 15) is 8.42 Å². The predicted octanol–water partition coefficient (Wildman–Crippen LogP) is 0.378. The molecule has 66 valence electrons. The molecule has 0 atom stereocenters. The van der Waals surface area contributed by atoms with Crippen molar-refractivity contribution in [2.45, 2.75) is 4.90 Å².